The summed E-state index contributed by atoms with van der Waals surface area (Å²) in [5, 5.41) is 4.36. The number of rotatable bonds is 5. The Morgan fingerprint density at radius 3 is 2.52 bits per heavy atom. The Morgan fingerprint density at radius 2 is 1.72 bits per heavy atom. The molecule has 0 bridgehead atoms. The van der Waals surface area contributed by atoms with Crippen LogP contribution in [-0.4, -0.2) is 24.5 Å². The summed E-state index contributed by atoms with van der Waals surface area (Å²) < 4.78 is 0. The minimum absolute atomic E-state index is 0.329. The molecule has 4 rings (SSSR count). The van der Waals surface area contributed by atoms with Crippen molar-refractivity contribution in [2.24, 2.45) is 0 Å². The van der Waals surface area contributed by atoms with Crippen molar-refractivity contribution >= 4 is 11.6 Å². The first kappa shape index (κ1) is 20.2. The van der Waals surface area contributed by atoms with Crippen molar-refractivity contribution in [2.45, 2.75) is 32.4 Å². The lowest BCUT2D eigenvalue weighted by Gasteiger charge is -2.37. The molecular weight excluding hydrogens is 376 g/mol. The van der Waals surface area contributed by atoms with Crippen LogP contribution in [0.5, 0.6) is 0 Å². The molecule has 1 aliphatic rings. The lowest BCUT2D eigenvalue weighted by atomic mass is 9.90. The van der Waals surface area contributed by atoms with Gasteiger partial charge >= 0.3 is 0 Å². The molecule has 1 aliphatic heterocycles. The van der Waals surface area contributed by atoms with Gasteiger partial charge in [-0.3, -0.25) is 4.90 Å². The highest BCUT2D eigenvalue weighted by Gasteiger charge is 2.25. The monoisotopic (exact) mass is 404 g/mol. The number of nitrogens with one attached hydrogen (secondary N) is 1. The Balaban J connectivity index is 1.68. The van der Waals surface area contributed by atoms with Crippen LogP contribution < -0.4 is 5.32 Å². The van der Waals surface area contributed by atoms with Gasteiger partial charge in [-0.15, -0.1) is 0 Å². The van der Waals surface area contributed by atoms with E-state index in [1.54, 1.807) is 0 Å². The van der Waals surface area contributed by atoms with E-state index in [1.807, 2.05) is 6.07 Å². The van der Waals surface area contributed by atoms with Crippen molar-refractivity contribution in [3.8, 4) is 11.1 Å². The summed E-state index contributed by atoms with van der Waals surface area (Å²) >= 11 is 6.29. The quantitative estimate of drug-likeness (QED) is 0.538. The number of benzene rings is 3. The Hall–Kier alpha value is -2.13. The van der Waals surface area contributed by atoms with Gasteiger partial charge in [0.05, 0.1) is 0 Å². The molecule has 2 nitrogen and oxygen atoms in total. The summed E-state index contributed by atoms with van der Waals surface area (Å²) in [5.41, 5.74) is 6.78. The first-order chi connectivity index (χ1) is 14.1. The minimum atomic E-state index is 0.329. The minimum Gasteiger partial charge on any atom is -0.314 e. The van der Waals surface area contributed by atoms with E-state index in [-0.39, 0.29) is 0 Å². The normalized spacial score (nSPS) is 17.6. The predicted octanol–water partition coefficient (Wildman–Crippen LogP) is 6.28. The first-order valence-electron chi connectivity index (χ1n) is 10.5. The van der Waals surface area contributed by atoms with Gasteiger partial charge in [0, 0.05) is 37.2 Å². The van der Waals surface area contributed by atoms with E-state index in [9.17, 15) is 0 Å². The topological polar surface area (TPSA) is 15.3 Å². The van der Waals surface area contributed by atoms with E-state index in [0.717, 1.165) is 31.2 Å². The fraction of sp³-hybridized carbons (Fsp3) is 0.308. The summed E-state index contributed by atoms with van der Waals surface area (Å²) in [6.45, 7) is 8.46. The Kier molecular flexibility index (Phi) is 6.34. The molecule has 3 aromatic carbocycles. The summed E-state index contributed by atoms with van der Waals surface area (Å²) in [7, 11) is 0. The van der Waals surface area contributed by atoms with Crippen molar-refractivity contribution in [3.05, 3.63) is 94.5 Å². The maximum absolute atomic E-state index is 6.29. The van der Waals surface area contributed by atoms with E-state index >= 15 is 0 Å². The van der Waals surface area contributed by atoms with Gasteiger partial charge in [0.25, 0.3) is 0 Å². The maximum atomic E-state index is 6.29. The second-order valence-corrected chi connectivity index (χ2v) is 8.58. The second-order valence-electron chi connectivity index (χ2n) is 8.14. The van der Waals surface area contributed by atoms with E-state index in [1.165, 1.54) is 27.8 Å². The molecule has 1 fully saturated rings. The van der Waals surface area contributed by atoms with E-state index in [4.69, 9.17) is 11.6 Å². The molecule has 0 amide bonds. The van der Waals surface area contributed by atoms with Gasteiger partial charge in [-0.2, -0.15) is 0 Å². The zero-order valence-electron chi connectivity index (χ0n) is 17.2. The van der Waals surface area contributed by atoms with Crippen LogP contribution in [-0.2, 0) is 6.54 Å². The molecule has 1 heterocycles. The molecule has 150 valence electrons. The standard InChI is InChI=1S/C26H29ClN2/c1-19(2)23-11-5-6-13-25(23)24-12-4-3-8-21(24)18-29-15-14-28-17-26(29)20-9-7-10-22(27)16-20/h3-13,16,19,26,28H,14-15,17-18H2,1-2H3/t26-/m0/s1. The number of hydrogen-bond donors (Lipinski definition) is 1. The van der Waals surface area contributed by atoms with E-state index in [0.29, 0.717) is 12.0 Å². The second kappa shape index (κ2) is 9.13. The number of halogens is 1. The van der Waals surface area contributed by atoms with Crippen molar-refractivity contribution < 1.29 is 0 Å². The smallest absolute Gasteiger partial charge is 0.0477 e. The molecule has 3 heteroatoms. The van der Waals surface area contributed by atoms with Crippen molar-refractivity contribution in [1.82, 2.24) is 10.2 Å². The van der Waals surface area contributed by atoms with Gasteiger partial charge in [0.1, 0.15) is 0 Å². The predicted molar refractivity (Wildman–Crippen MR) is 123 cm³/mol. The highest BCUT2D eigenvalue weighted by atomic mass is 35.5. The molecule has 0 unspecified atom stereocenters. The molecule has 1 atom stereocenters. The largest absolute Gasteiger partial charge is 0.314 e. The van der Waals surface area contributed by atoms with Gasteiger partial charge < -0.3 is 5.32 Å². The molecule has 3 aromatic rings. The molecule has 0 radical (unpaired) electrons. The Labute approximate surface area is 179 Å². The molecule has 1 N–H and O–H groups in total. The molecule has 1 saturated heterocycles. The number of piperazine rings is 1. The van der Waals surface area contributed by atoms with Crippen LogP contribution in [0.15, 0.2) is 72.8 Å². The highest BCUT2D eigenvalue weighted by molar-refractivity contribution is 6.30. The summed E-state index contributed by atoms with van der Waals surface area (Å²) in [4.78, 5) is 2.58. The van der Waals surface area contributed by atoms with Crippen LogP contribution in [0.3, 0.4) is 0 Å². The van der Waals surface area contributed by atoms with Crippen molar-refractivity contribution in [1.29, 1.82) is 0 Å². The van der Waals surface area contributed by atoms with Gasteiger partial charge in [0.2, 0.25) is 0 Å². The Bertz CT molecular complexity index is 966. The molecule has 0 aromatic heterocycles. The summed E-state index contributed by atoms with van der Waals surface area (Å²) in [6.07, 6.45) is 0. The summed E-state index contributed by atoms with van der Waals surface area (Å²) in [5.74, 6) is 0.498. The summed E-state index contributed by atoms with van der Waals surface area (Å²) in [6, 6.07) is 26.3. The zero-order chi connectivity index (χ0) is 20.2. The molecular formula is C26H29ClN2. The SMILES string of the molecule is CC(C)c1ccccc1-c1ccccc1CN1CCNC[C@H]1c1cccc(Cl)c1. The molecule has 29 heavy (non-hydrogen) atoms. The van der Waals surface area contributed by atoms with Gasteiger partial charge in [-0.1, -0.05) is 86.1 Å². The Morgan fingerprint density at radius 1 is 0.966 bits per heavy atom. The fourth-order valence-corrected chi connectivity index (χ4v) is 4.56. The van der Waals surface area contributed by atoms with Crippen LogP contribution in [0.2, 0.25) is 5.02 Å². The van der Waals surface area contributed by atoms with Crippen LogP contribution in [0.25, 0.3) is 11.1 Å². The fourth-order valence-electron chi connectivity index (χ4n) is 4.36. The lowest BCUT2D eigenvalue weighted by molar-refractivity contribution is 0.154. The number of hydrogen-bond acceptors (Lipinski definition) is 2. The van der Waals surface area contributed by atoms with Crippen molar-refractivity contribution in [2.75, 3.05) is 19.6 Å². The average molecular weight is 405 g/mol. The maximum Gasteiger partial charge on any atom is 0.0477 e. The number of nitrogens with zero attached hydrogens (tertiary/aromatic N) is 1. The van der Waals surface area contributed by atoms with E-state index in [2.05, 4.69) is 90.8 Å². The van der Waals surface area contributed by atoms with E-state index < -0.39 is 0 Å². The first-order valence-corrected chi connectivity index (χ1v) is 10.9. The third-order valence-electron chi connectivity index (χ3n) is 5.85. The van der Waals surface area contributed by atoms with Gasteiger partial charge in [-0.05, 0) is 45.9 Å². The third kappa shape index (κ3) is 4.56. The third-order valence-corrected chi connectivity index (χ3v) is 6.09. The van der Waals surface area contributed by atoms with Crippen LogP contribution >= 0.6 is 11.6 Å². The van der Waals surface area contributed by atoms with Gasteiger partial charge in [-0.25, -0.2) is 0 Å². The lowest BCUT2D eigenvalue weighted by Crippen LogP contribution is -2.45. The van der Waals surface area contributed by atoms with Gasteiger partial charge in [0.15, 0.2) is 0 Å². The highest BCUT2D eigenvalue weighted by Crippen LogP contribution is 2.33. The van der Waals surface area contributed by atoms with Crippen molar-refractivity contribution in [3.63, 3.8) is 0 Å². The molecule has 0 saturated carbocycles. The van der Waals surface area contributed by atoms with Crippen LogP contribution in [0.1, 0.15) is 42.5 Å². The molecule has 0 spiro atoms. The van der Waals surface area contributed by atoms with Crippen LogP contribution in [0, 0.1) is 0 Å². The average Bonchev–Trinajstić information content (AvgIpc) is 2.74. The molecule has 0 aliphatic carbocycles. The zero-order valence-corrected chi connectivity index (χ0v) is 18.0. The van der Waals surface area contributed by atoms with Crippen LogP contribution in [0.4, 0.5) is 0 Å².